The standard InChI is InChI=1S/C24H36N2O2/c1-3-4-5-6-7-8-9-10-11-12-13-23-25(2)18-19-26(23)20-21-14-16-22(17-15-21)24(27)28/h14-19H,3-13,20H2,1-2H3/p+1. The molecule has 154 valence electrons. The highest BCUT2D eigenvalue weighted by molar-refractivity contribution is 5.87. The number of carboxylic acid groups (broad SMARTS) is 1. The number of imidazole rings is 1. The maximum atomic E-state index is 11.0. The monoisotopic (exact) mass is 385 g/mol. The largest absolute Gasteiger partial charge is 0.478 e. The molecule has 0 aliphatic heterocycles. The van der Waals surface area contributed by atoms with Gasteiger partial charge in [0, 0.05) is 6.42 Å². The molecule has 0 unspecified atom stereocenters. The maximum absolute atomic E-state index is 11.0. The third-order valence-electron chi connectivity index (χ3n) is 5.52. The Hall–Kier alpha value is -2.10. The Morgan fingerprint density at radius 3 is 2.07 bits per heavy atom. The number of unbranched alkanes of at least 4 members (excludes halogenated alkanes) is 9. The van der Waals surface area contributed by atoms with E-state index in [2.05, 4.69) is 35.5 Å². The number of hydrogen-bond acceptors (Lipinski definition) is 1. The van der Waals surface area contributed by atoms with E-state index in [0.717, 1.165) is 18.5 Å². The molecule has 0 saturated heterocycles. The highest BCUT2D eigenvalue weighted by atomic mass is 16.4. The molecule has 0 atom stereocenters. The lowest BCUT2D eigenvalue weighted by molar-refractivity contribution is -0.678. The van der Waals surface area contributed by atoms with Crippen molar-refractivity contribution in [3.05, 3.63) is 53.6 Å². The SMILES string of the molecule is CCCCCCCCCCCCc1n(Cc2ccc(C(=O)O)cc2)cc[n+]1C. The highest BCUT2D eigenvalue weighted by Gasteiger charge is 2.14. The molecular weight excluding hydrogens is 348 g/mol. The zero-order valence-corrected chi connectivity index (χ0v) is 17.7. The summed E-state index contributed by atoms with van der Waals surface area (Å²) >= 11 is 0. The van der Waals surface area contributed by atoms with Crippen LogP contribution < -0.4 is 4.57 Å². The predicted molar refractivity (Wildman–Crippen MR) is 114 cm³/mol. The van der Waals surface area contributed by atoms with Crippen molar-refractivity contribution >= 4 is 5.97 Å². The number of aromatic carboxylic acids is 1. The van der Waals surface area contributed by atoms with Gasteiger partial charge in [0.1, 0.15) is 18.9 Å². The van der Waals surface area contributed by atoms with Gasteiger partial charge in [-0.1, -0.05) is 76.8 Å². The number of aryl methyl sites for hydroxylation is 1. The summed E-state index contributed by atoms with van der Waals surface area (Å²) in [4.78, 5) is 11.0. The van der Waals surface area contributed by atoms with E-state index in [0.29, 0.717) is 5.56 Å². The van der Waals surface area contributed by atoms with Gasteiger partial charge in [-0.05, 0) is 24.1 Å². The average molecular weight is 386 g/mol. The van der Waals surface area contributed by atoms with Gasteiger partial charge >= 0.3 is 5.97 Å². The van der Waals surface area contributed by atoms with Gasteiger partial charge in [0.05, 0.1) is 12.6 Å². The molecule has 2 aromatic rings. The number of carbonyl (C=O) groups is 1. The van der Waals surface area contributed by atoms with Crippen molar-refractivity contribution in [2.24, 2.45) is 7.05 Å². The van der Waals surface area contributed by atoms with Crippen molar-refractivity contribution in [2.75, 3.05) is 0 Å². The Kier molecular flexibility index (Phi) is 9.81. The maximum Gasteiger partial charge on any atom is 0.335 e. The number of hydrogen-bond donors (Lipinski definition) is 1. The molecule has 1 aromatic heterocycles. The van der Waals surface area contributed by atoms with Gasteiger partial charge in [-0.15, -0.1) is 0 Å². The summed E-state index contributed by atoms with van der Waals surface area (Å²) in [5.41, 5.74) is 1.47. The molecule has 28 heavy (non-hydrogen) atoms. The van der Waals surface area contributed by atoms with E-state index < -0.39 is 5.97 Å². The molecule has 4 nitrogen and oxygen atoms in total. The highest BCUT2D eigenvalue weighted by Crippen LogP contribution is 2.13. The van der Waals surface area contributed by atoms with E-state index in [4.69, 9.17) is 5.11 Å². The van der Waals surface area contributed by atoms with Crippen molar-refractivity contribution in [3.8, 4) is 0 Å². The molecule has 0 fully saturated rings. The number of nitrogens with zero attached hydrogens (tertiary/aromatic N) is 2. The fourth-order valence-electron chi connectivity index (χ4n) is 3.74. The summed E-state index contributed by atoms with van der Waals surface area (Å²) in [6.45, 7) is 3.05. The number of carboxylic acids is 1. The number of rotatable bonds is 14. The van der Waals surface area contributed by atoms with Crippen molar-refractivity contribution < 1.29 is 14.5 Å². The second kappa shape index (κ2) is 12.4. The summed E-state index contributed by atoms with van der Waals surface area (Å²) < 4.78 is 4.49. The second-order valence-corrected chi connectivity index (χ2v) is 7.89. The van der Waals surface area contributed by atoms with Crippen LogP contribution in [0.1, 0.15) is 92.9 Å². The first-order chi connectivity index (χ1) is 13.6. The normalized spacial score (nSPS) is 11.1. The molecule has 0 aliphatic carbocycles. The first-order valence-corrected chi connectivity index (χ1v) is 11.0. The Balaban J connectivity index is 1.71. The third kappa shape index (κ3) is 7.49. The lowest BCUT2D eigenvalue weighted by Gasteiger charge is -2.05. The topological polar surface area (TPSA) is 46.1 Å². The number of benzene rings is 1. The van der Waals surface area contributed by atoms with Crippen LogP contribution in [-0.2, 0) is 20.0 Å². The molecule has 1 N–H and O–H groups in total. The van der Waals surface area contributed by atoms with Gasteiger partial charge in [-0.2, -0.15) is 0 Å². The first kappa shape index (κ1) is 22.2. The van der Waals surface area contributed by atoms with Gasteiger partial charge in [0.2, 0.25) is 0 Å². The quantitative estimate of drug-likeness (QED) is 0.344. The molecule has 0 saturated carbocycles. The fraction of sp³-hybridized carbons (Fsp3) is 0.583. The van der Waals surface area contributed by atoms with Crippen molar-refractivity contribution in [2.45, 2.75) is 84.1 Å². The summed E-state index contributed by atoms with van der Waals surface area (Å²) in [7, 11) is 2.11. The van der Waals surface area contributed by atoms with Crippen LogP contribution in [0.2, 0.25) is 0 Å². The zero-order chi connectivity index (χ0) is 20.2. The minimum atomic E-state index is -0.874. The van der Waals surface area contributed by atoms with Crippen LogP contribution in [0.5, 0.6) is 0 Å². The molecule has 0 radical (unpaired) electrons. The van der Waals surface area contributed by atoms with Gasteiger partial charge in [-0.25, -0.2) is 13.9 Å². The van der Waals surface area contributed by atoms with E-state index in [1.54, 1.807) is 12.1 Å². The summed E-state index contributed by atoms with van der Waals surface area (Å²) in [5.74, 6) is 0.461. The Bertz CT molecular complexity index is 704. The van der Waals surface area contributed by atoms with Crippen LogP contribution in [0.3, 0.4) is 0 Å². The molecule has 0 bridgehead atoms. The summed E-state index contributed by atoms with van der Waals surface area (Å²) in [6, 6.07) is 7.19. The van der Waals surface area contributed by atoms with Crippen LogP contribution in [0.25, 0.3) is 0 Å². The smallest absolute Gasteiger partial charge is 0.335 e. The molecule has 2 rings (SSSR count). The van der Waals surface area contributed by atoms with Crippen molar-refractivity contribution in [1.29, 1.82) is 0 Å². The molecular formula is C24H37N2O2+. The molecule has 4 heteroatoms. The van der Waals surface area contributed by atoms with Crippen molar-refractivity contribution in [3.63, 3.8) is 0 Å². The van der Waals surface area contributed by atoms with E-state index in [9.17, 15) is 4.79 Å². The van der Waals surface area contributed by atoms with Crippen LogP contribution in [0.4, 0.5) is 0 Å². The zero-order valence-electron chi connectivity index (χ0n) is 17.7. The summed E-state index contributed by atoms with van der Waals surface area (Å²) in [5, 5.41) is 9.03. The Morgan fingerprint density at radius 1 is 0.929 bits per heavy atom. The summed E-state index contributed by atoms with van der Waals surface area (Å²) in [6.07, 6.45) is 18.9. The van der Waals surface area contributed by atoms with Gasteiger partial charge < -0.3 is 5.11 Å². The lowest BCUT2D eigenvalue weighted by atomic mass is 10.1. The Morgan fingerprint density at radius 2 is 1.50 bits per heavy atom. The first-order valence-electron chi connectivity index (χ1n) is 11.0. The van der Waals surface area contributed by atoms with Crippen LogP contribution in [-0.4, -0.2) is 15.6 Å². The van der Waals surface area contributed by atoms with Crippen LogP contribution in [0, 0.1) is 0 Å². The van der Waals surface area contributed by atoms with Crippen LogP contribution in [0.15, 0.2) is 36.7 Å². The minimum absolute atomic E-state index is 0.340. The second-order valence-electron chi connectivity index (χ2n) is 7.89. The minimum Gasteiger partial charge on any atom is -0.478 e. The molecule has 1 aromatic carbocycles. The third-order valence-corrected chi connectivity index (χ3v) is 5.52. The van der Waals surface area contributed by atoms with E-state index in [1.807, 2.05) is 12.1 Å². The molecule has 0 amide bonds. The number of aromatic nitrogens is 2. The average Bonchev–Trinajstić information content (AvgIpc) is 3.03. The van der Waals surface area contributed by atoms with Gasteiger partial charge in [0.15, 0.2) is 0 Å². The van der Waals surface area contributed by atoms with Crippen LogP contribution >= 0.6 is 0 Å². The fourth-order valence-corrected chi connectivity index (χ4v) is 3.74. The molecule has 0 aliphatic rings. The van der Waals surface area contributed by atoms with E-state index in [1.165, 1.54) is 70.0 Å². The van der Waals surface area contributed by atoms with Gasteiger partial charge in [0.25, 0.3) is 5.82 Å². The van der Waals surface area contributed by atoms with Crippen molar-refractivity contribution in [1.82, 2.24) is 4.57 Å². The molecule has 0 spiro atoms. The predicted octanol–water partition coefficient (Wildman–Crippen LogP) is 5.52. The van der Waals surface area contributed by atoms with Gasteiger partial charge in [-0.3, -0.25) is 0 Å². The van der Waals surface area contributed by atoms with E-state index >= 15 is 0 Å². The van der Waals surface area contributed by atoms with E-state index in [-0.39, 0.29) is 0 Å². The Labute approximate surface area is 170 Å². The molecule has 1 heterocycles. The lowest BCUT2D eigenvalue weighted by Crippen LogP contribution is -2.32.